The van der Waals surface area contributed by atoms with Crippen LogP contribution in [0.25, 0.3) is 0 Å². The standard InChI is InChI=1S/C12H21NO4/c1-11(2,3)17-10(16)12(9(14)15)7-5-4-6-8(12)13/h8H,4-7,13H2,1-3H3,(H,14,15). The number of hydrogen-bond donors (Lipinski definition) is 2. The highest BCUT2D eigenvalue weighted by Gasteiger charge is 2.54. The molecular weight excluding hydrogens is 222 g/mol. The summed E-state index contributed by atoms with van der Waals surface area (Å²) in [5.74, 6) is -1.87. The quantitative estimate of drug-likeness (QED) is 0.563. The number of nitrogens with two attached hydrogens (primary N) is 1. The van der Waals surface area contributed by atoms with Crippen molar-refractivity contribution in [3.8, 4) is 0 Å². The van der Waals surface area contributed by atoms with Crippen molar-refractivity contribution in [1.82, 2.24) is 0 Å². The predicted molar refractivity (Wildman–Crippen MR) is 62.4 cm³/mol. The number of rotatable bonds is 2. The highest BCUT2D eigenvalue weighted by atomic mass is 16.6. The molecule has 2 atom stereocenters. The molecule has 17 heavy (non-hydrogen) atoms. The summed E-state index contributed by atoms with van der Waals surface area (Å²) in [5.41, 5.74) is 3.59. The van der Waals surface area contributed by atoms with Gasteiger partial charge in [-0.3, -0.25) is 9.59 Å². The van der Waals surface area contributed by atoms with E-state index in [1.807, 2.05) is 0 Å². The lowest BCUT2D eigenvalue weighted by atomic mass is 9.70. The van der Waals surface area contributed by atoms with Crippen LogP contribution in [0.5, 0.6) is 0 Å². The second-order valence-corrected chi connectivity index (χ2v) is 5.63. The molecule has 0 aromatic carbocycles. The van der Waals surface area contributed by atoms with Crippen LogP contribution in [0.1, 0.15) is 46.5 Å². The number of carbonyl (C=O) groups excluding carboxylic acids is 1. The zero-order valence-corrected chi connectivity index (χ0v) is 10.7. The molecule has 5 nitrogen and oxygen atoms in total. The Bertz CT molecular complexity index is 321. The minimum absolute atomic E-state index is 0.262. The van der Waals surface area contributed by atoms with Crippen LogP contribution in [0.4, 0.5) is 0 Å². The number of carbonyl (C=O) groups is 2. The maximum Gasteiger partial charge on any atom is 0.325 e. The minimum atomic E-state index is -1.56. The van der Waals surface area contributed by atoms with Crippen LogP contribution in [0, 0.1) is 5.41 Å². The van der Waals surface area contributed by atoms with Crippen LogP contribution in [0.2, 0.25) is 0 Å². The Labute approximate surface area is 101 Å². The van der Waals surface area contributed by atoms with E-state index in [9.17, 15) is 14.7 Å². The maximum atomic E-state index is 12.1. The van der Waals surface area contributed by atoms with Gasteiger partial charge in [0.2, 0.25) is 0 Å². The SMILES string of the molecule is CC(C)(C)OC(=O)C1(C(=O)O)CCCCC1N. The maximum absolute atomic E-state index is 12.1. The average molecular weight is 243 g/mol. The van der Waals surface area contributed by atoms with Gasteiger partial charge in [-0.15, -0.1) is 0 Å². The van der Waals surface area contributed by atoms with E-state index in [0.29, 0.717) is 12.8 Å². The molecule has 1 fully saturated rings. The fourth-order valence-corrected chi connectivity index (χ4v) is 2.18. The summed E-state index contributed by atoms with van der Waals surface area (Å²) >= 11 is 0. The molecule has 0 saturated heterocycles. The van der Waals surface area contributed by atoms with E-state index in [2.05, 4.69) is 0 Å². The molecular formula is C12H21NO4. The van der Waals surface area contributed by atoms with Crippen molar-refractivity contribution in [3.05, 3.63) is 0 Å². The van der Waals surface area contributed by atoms with Gasteiger partial charge in [-0.25, -0.2) is 0 Å². The van der Waals surface area contributed by atoms with E-state index in [4.69, 9.17) is 10.5 Å². The lowest BCUT2D eigenvalue weighted by molar-refractivity contribution is -0.180. The summed E-state index contributed by atoms with van der Waals surface area (Å²) in [6.45, 7) is 5.15. The molecule has 1 aliphatic rings. The van der Waals surface area contributed by atoms with Gasteiger partial charge in [0.15, 0.2) is 5.41 Å². The smallest absolute Gasteiger partial charge is 0.325 e. The molecule has 1 aliphatic carbocycles. The molecule has 1 rings (SSSR count). The normalized spacial score (nSPS) is 29.8. The van der Waals surface area contributed by atoms with Crippen LogP contribution in [0.15, 0.2) is 0 Å². The number of ether oxygens (including phenoxy) is 1. The Morgan fingerprint density at radius 2 is 1.94 bits per heavy atom. The summed E-state index contributed by atoms with van der Waals surface area (Å²) in [4.78, 5) is 23.5. The first kappa shape index (κ1) is 14.0. The molecule has 0 radical (unpaired) electrons. The van der Waals surface area contributed by atoms with Gasteiger partial charge in [-0.05, 0) is 33.6 Å². The van der Waals surface area contributed by atoms with Crippen molar-refractivity contribution in [1.29, 1.82) is 0 Å². The third-order valence-electron chi connectivity index (χ3n) is 3.11. The number of esters is 1. The Morgan fingerprint density at radius 3 is 2.35 bits per heavy atom. The molecule has 0 aliphatic heterocycles. The average Bonchev–Trinajstić information content (AvgIpc) is 2.15. The molecule has 0 aromatic heterocycles. The predicted octanol–water partition coefficient (Wildman–Crippen LogP) is 1.30. The molecule has 2 unspecified atom stereocenters. The largest absolute Gasteiger partial charge is 0.480 e. The van der Waals surface area contributed by atoms with Gasteiger partial charge in [-0.1, -0.05) is 12.8 Å². The lowest BCUT2D eigenvalue weighted by Crippen LogP contribution is -2.56. The van der Waals surface area contributed by atoms with E-state index >= 15 is 0 Å². The summed E-state index contributed by atoms with van der Waals surface area (Å²) in [7, 11) is 0. The zero-order chi connectivity index (χ0) is 13.3. The third-order valence-corrected chi connectivity index (χ3v) is 3.11. The first-order chi connectivity index (χ1) is 7.70. The van der Waals surface area contributed by atoms with Crippen molar-refractivity contribution < 1.29 is 19.4 Å². The van der Waals surface area contributed by atoms with E-state index in [0.717, 1.165) is 6.42 Å². The Kier molecular flexibility index (Phi) is 3.81. The van der Waals surface area contributed by atoms with Gasteiger partial charge in [-0.2, -0.15) is 0 Å². The molecule has 0 amide bonds. The van der Waals surface area contributed by atoms with E-state index < -0.39 is 29.0 Å². The van der Waals surface area contributed by atoms with Crippen molar-refractivity contribution in [2.45, 2.75) is 58.1 Å². The first-order valence-corrected chi connectivity index (χ1v) is 5.92. The minimum Gasteiger partial charge on any atom is -0.480 e. The lowest BCUT2D eigenvalue weighted by Gasteiger charge is -2.38. The van der Waals surface area contributed by atoms with Crippen LogP contribution in [-0.4, -0.2) is 28.7 Å². The summed E-state index contributed by atoms with van der Waals surface area (Å²) in [5, 5.41) is 9.35. The second-order valence-electron chi connectivity index (χ2n) is 5.63. The fraction of sp³-hybridized carbons (Fsp3) is 0.833. The molecule has 3 N–H and O–H groups in total. The number of carboxylic acid groups (broad SMARTS) is 1. The zero-order valence-electron chi connectivity index (χ0n) is 10.7. The summed E-state index contributed by atoms with van der Waals surface area (Å²) in [6, 6.07) is -0.663. The highest BCUT2D eigenvalue weighted by Crippen LogP contribution is 2.38. The number of carboxylic acids is 1. The fourth-order valence-electron chi connectivity index (χ4n) is 2.18. The van der Waals surface area contributed by atoms with Crippen LogP contribution in [0.3, 0.4) is 0 Å². The van der Waals surface area contributed by atoms with Gasteiger partial charge in [0.25, 0.3) is 0 Å². The monoisotopic (exact) mass is 243 g/mol. The Morgan fingerprint density at radius 1 is 1.35 bits per heavy atom. The van der Waals surface area contributed by atoms with Crippen molar-refractivity contribution in [3.63, 3.8) is 0 Å². The van der Waals surface area contributed by atoms with E-state index in [-0.39, 0.29) is 6.42 Å². The van der Waals surface area contributed by atoms with Gasteiger partial charge in [0.05, 0.1) is 0 Å². The molecule has 0 heterocycles. The van der Waals surface area contributed by atoms with Crippen molar-refractivity contribution in [2.24, 2.45) is 11.1 Å². The Hall–Kier alpha value is -1.10. The number of hydrogen-bond acceptors (Lipinski definition) is 4. The summed E-state index contributed by atoms with van der Waals surface area (Å²) < 4.78 is 5.21. The first-order valence-electron chi connectivity index (χ1n) is 5.92. The molecule has 0 bridgehead atoms. The van der Waals surface area contributed by atoms with Crippen LogP contribution < -0.4 is 5.73 Å². The second kappa shape index (κ2) is 4.64. The van der Waals surface area contributed by atoms with E-state index in [1.54, 1.807) is 20.8 Å². The van der Waals surface area contributed by atoms with Crippen molar-refractivity contribution >= 4 is 11.9 Å². The molecule has 0 aromatic rings. The molecule has 98 valence electrons. The van der Waals surface area contributed by atoms with Crippen LogP contribution in [-0.2, 0) is 14.3 Å². The van der Waals surface area contributed by atoms with Crippen molar-refractivity contribution in [2.75, 3.05) is 0 Å². The summed E-state index contributed by atoms with van der Waals surface area (Å²) in [6.07, 6.45) is 2.36. The van der Waals surface area contributed by atoms with E-state index in [1.165, 1.54) is 0 Å². The molecule has 5 heteroatoms. The molecule has 1 saturated carbocycles. The topological polar surface area (TPSA) is 89.6 Å². The van der Waals surface area contributed by atoms with Crippen LogP contribution >= 0.6 is 0 Å². The highest BCUT2D eigenvalue weighted by molar-refractivity contribution is 6.00. The third kappa shape index (κ3) is 2.77. The van der Waals surface area contributed by atoms with Gasteiger partial charge in [0, 0.05) is 6.04 Å². The molecule has 0 spiro atoms. The van der Waals surface area contributed by atoms with Gasteiger partial charge in [0.1, 0.15) is 5.60 Å². The Balaban J connectivity index is 2.99. The number of aliphatic carboxylic acids is 1. The van der Waals surface area contributed by atoms with Gasteiger partial charge < -0.3 is 15.6 Å². The van der Waals surface area contributed by atoms with Gasteiger partial charge >= 0.3 is 11.9 Å².